The van der Waals surface area contributed by atoms with Gasteiger partial charge in [0, 0.05) is 33.1 Å². The zero-order valence-electron chi connectivity index (χ0n) is 10.5. The first-order valence-corrected chi connectivity index (χ1v) is 8.99. The summed E-state index contributed by atoms with van der Waals surface area (Å²) in [7, 11) is -2.15. The van der Waals surface area contributed by atoms with Crippen LogP contribution in [0.4, 0.5) is 0 Å². The highest BCUT2D eigenvalue weighted by atomic mass is 32.2. The molecule has 0 aliphatic carbocycles. The molecule has 100 valence electrons. The first-order chi connectivity index (χ1) is 9.24. The number of rotatable bonds is 6. The summed E-state index contributed by atoms with van der Waals surface area (Å²) >= 11 is 0. The van der Waals surface area contributed by atoms with Gasteiger partial charge in [-0.3, -0.25) is 8.42 Å². The van der Waals surface area contributed by atoms with Crippen LogP contribution in [0.25, 0.3) is 0 Å². The third kappa shape index (κ3) is 5.09. The monoisotopic (exact) mass is 292 g/mol. The molecule has 0 saturated heterocycles. The molecule has 0 heterocycles. The Bertz CT molecular complexity index is 501. The van der Waals surface area contributed by atoms with Crippen LogP contribution in [0.5, 0.6) is 0 Å². The van der Waals surface area contributed by atoms with Crippen molar-refractivity contribution in [2.75, 3.05) is 5.08 Å². The third-order valence-electron chi connectivity index (χ3n) is 2.60. The van der Waals surface area contributed by atoms with Crippen molar-refractivity contribution < 1.29 is 8.42 Å². The Kier molecular flexibility index (Phi) is 5.48. The number of hydrogen-bond acceptors (Lipinski definition) is 2. The van der Waals surface area contributed by atoms with Gasteiger partial charge in [-0.2, -0.15) is 0 Å². The van der Waals surface area contributed by atoms with E-state index in [9.17, 15) is 8.42 Å². The maximum atomic E-state index is 11.9. The SMILES string of the molecule is O=[S@](Cc1ccccc1)C[S@@](=O)Cc1ccccc1. The van der Waals surface area contributed by atoms with Gasteiger partial charge in [-0.25, -0.2) is 0 Å². The van der Waals surface area contributed by atoms with Gasteiger partial charge in [-0.15, -0.1) is 0 Å². The minimum Gasteiger partial charge on any atom is -0.258 e. The van der Waals surface area contributed by atoms with E-state index in [0.717, 1.165) is 11.1 Å². The van der Waals surface area contributed by atoms with Gasteiger partial charge in [0.25, 0.3) is 0 Å². The normalized spacial score (nSPS) is 13.9. The molecule has 2 aromatic rings. The van der Waals surface area contributed by atoms with Crippen LogP contribution in [0.15, 0.2) is 60.7 Å². The maximum Gasteiger partial charge on any atom is 0.0998 e. The van der Waals surface area contributed by atoms with E-state index in [1.807, 2.05) is 60.7 Å². The first kappa shape index (κ1) is 14.2. The molecule has 0 N–H and O–H groups in total. The second-order valence-corrected chi connectivity index (χ2v) is 7.54. The Morgan fingerprint density at radius 1 is 0.632 bits per heavy atom. The van der Waals surface area contributed by atoms with Gasteiger partial charge in [0.05, 0.1) is 5.08 Å². The minimum atomic E-state index is -1.07. The average molecular weight is 292 g/mol. The molecule has 19 heavy (non-hydrogen) atoms. The summed E-state index contributed by atoms with van der Waals surface area (Å²) in [5, 5.41) is 0.240. The quantitative estimate of drug-likeness (QED) is 0.820. The van der Waals surface area contributed by atoms with Gasteiger partial charge in [0.2, 0.25) is 0 Å². The highest BCUT2D eigenvalue weighted by Gasteiger charge is 2.08. The summed E-state index contributed by atoms with van der Waals surface area (Å²) in [6, 6.07) is 19.3. The fraction of sp³-hybridized carbons (Fsp3) is 0.200. The lowest BCUT2D eigenvalue weighted by molar-refractivity contribution is 0.679. The molecule has 0 radical (unpaired) electrons. The van der Waals surface area contributed by atoms with Crippen molar-refractivity contribution in [3.05, 3.63) is 71.8 Å². The second-order valence-electron chi connectivity index (χ2n) is 4.26. The van der Waals surface area contributed by atoms with Crippen LogP contribution in [0.2, 0.25) is 0 Å². The largest absolute Gasteiger partial charge is 0.258 e. The molecule has 0 fully saturated rings. The predicted octanol–water partition coefficient (Wildman–Crippen LogP) is 2.84. The Hall–Kier alpha value is -1.26. The van der Waals surface area contributed by atoms with Gasteiger partial charge >= 0.3 is 0 Å². The molecule has 0 amide bonds. The first-order valence-electron chi connectivity index (χ1n) is 6.02. The van der Waals surface area contributed by atoms with Crippen LogP contribution >= 0.6 is 0 Å². The molecule has 0 unspecified atom stereocenters. The van der Waals surface area contributed by atoms with Crippen LogP contribution in [0.1, 0.15) is 11.1 Å². The van der Waals surface area contributed by atoms with Crippen molar-refractivity contribution in [2.24, 2.45) is 0 Å². The molecule has 0 aromatic heterocycles. The van der Waals surface area contributed by atoms with E-state index < -0.39 is 21.6 Å². The minimum absolute atomic E-state index is 0.240. The van der Waals surface area contributed by atoms with Gasteiger partial charge < -0.3 is 0 Å². The van der Waals surface area contributed by atoms with Crippen molar-refractivity contribution in [2.45, 2.75) is 11.5 Å². The van der Waals surface area contributed by atoms with Gasteiger partial charge in [-0.05, 0) is 11.1 Å². The Labute approximate surface area is 118 Å². The zero-order valence-corrected chi connectivity index (χ0v) is 12.2. The standard InChI is InChI=1S/C15H16O2S2/c16-18(11-14-7-3-1-4-8-14)13-19(17)12-15-9-5-2-6-10-15/h1-10H,11-13H2/t18-,19+. The second kappa shape index (κ2) is 7.36. The average Bonchev–Trinajstić information content (AvgIpc) is 2.40. The van der Waals surface area contributed by atoms with Crippen molar-refractivity contribution in [3.63, 3.8) is 0 Å². The van der Waals surface area contributed by atoms with E-state index in [1.54, 1.807) is 0 Å². The summed E-state index contributed by atoms with van der Waals surface area (Å²) < 4.78 is 23.9. The van der Waals surface area contributed by atoms with Crippen LogP contribution in [0, 0.1) is 0 Å². The zero-order chi connectivity index (χ0) is 13.5. The molecule has 2 aromatic carbocycles. The molecule has 2 nitrogen and oxygen atoms in total. The molecule has 0 spiro atoms. The van der Waals surface area contributed by atoms with Crippen LogP contribution < -0.4 is 0 Å². The Balaban J connectivity index is 1.84. The molecule has 2 rings (SSSR count). The lowest BCUT2D eigenvalue weighted by Gasteiger charge is -2.03. The predicted molar refractivity (Wildman–Crippen MR) is 81.4 cm³/mol. The van der Waals surface area contributed by atoms with Crippen molar-refractivity contribution in [3.8, 4) is 0 Å². The molecule has 4 heteroatoms. The lowest BCUT2D eigenvalue weighted by Crippen LogP contribution is -2.08. The molecule has 0 saturated carbocycles. The molecule has 0 aliphatic rings. The molecule has 0 aliphatic heterocycles. The van der Waals surface area contributed by atoms with Gasteiger partial charge in [0.15, 0.2) is 0 Å². The van der Waals surface area contributed by atoms with Crippen LogP contribution in [-0.4, -0.2) is 13.5 Å². The van der Waals surface area contributed by atoms with Gasteiger partial charge in [-0.1, -0.05) is 60.7 Å². The maximum absolute atomic E-state index is 11.9. The van der Waals surface area contributed by atoms with E-state index >= 15 is 0 Å². The summed E-state index contributed by atoms with van der Waals surface area (Å²) in [4.78, 5) is 0. The van der Waals surface area contributed by atoms with Crippen LogP contribution in [0.3, 0.4) is 0 Å². The Morgan fingerprint density at radius 3 is 1.37 bits per heavy atom. The van der Waals surface area contributed by atoms with Crippen LogP contribution in [-0.2, 0) is 33.1 Å². The van der Waals surface area contributed by atoms with E-state index in [-0.39, 0.29) is 5.08 Å². The molecular formula is C15H16O2S2. The van der Waals surface area contributed by atoms with Crippen molar-refractivity contribution in [1.82, 2.24) is 0 Å². The van der Waals surface area contributed by atoms with Crippen molar-refractivity contribution in [1.29, 1.82) is 0 Å². The smallest absolute Gasteiger partial charge is 0.0998 e. The highest BCUT2D eigenvalue weighted by Crippen LogP contribution is 2.07. The van der Waals surface area contributed by atoms with E-state index in [0.29, 0.717) is 11.5 Å². The summed E-state index contributed by atoms with van der Waals surface area (Å²) in [5.41, 5.74) is 2.05. The Morgan fingerprint density at radius 2 is 1.00 bits per heavy atom. The lowest BCUT2D eigenvalue weighted by atomic mass is 10.2. The molecule has 0 bridgehead atoms. The fourth-order valence-electron chi connectivity index (χ4n) is 1.75. The summed E-state index contributed by atoms with van der Waals surface area (Å²) in [6.07, 6.45) is 0. The molecule has 2 atom stereocenters. The number of benzene rings is 2. The fourth-order valence-corrected chi connectivity index (χ4v) is 4.72. The third-order valence-corrected chi connectivity index (χ3v) is 6.02. The topological polar surface area (TPSA) is 34.1 Å². The van der Waals surface area contributed by atoms with E-state index in [2.05, 4.69) is 0 Å². The summed E-state index contributed by atoms with van der Waals surface area (Å²) in [6.45, 7) is 0. The van der Waals surface area contributed by atoms with Gasteiger partial charge in [0.1, 0.15) is 0 Å². The number of hydrogen-bond donors (Lipinski definition) is 0. The highest BCUT2D eigenvalue weighted by molar-refractivity contribution is 8.01. The molecular weight excluding hydrogens is 276 g/mol. The summed E-state index contributed by atoms with van der Waals surface area (Å²) in [5.74, 6) is 0.947. The van der Waals surface area contributed by atoms with Crippen molar-refractivity contribution >= 4 is 21.6 Å². The van der Waals surface area contributed by atoms with E-state index in [4.69, 9.17) is 0 Å². The van der Waals surface area contributed by atoms with E-state index in [1.165, 1.54) is 0 Å².